The van der Waals surface area contributed by atoms with Gasteiger partial charge in [0.15, 0.2) is 11.3 Å². The highest BCUT2D eigenvalue weighted by atomic mass is 15.1. The summed E-state index contributed by atoms with van der Waals surface area (Å²) in [5, 5.41) is 8.69. The Bertz CT molecular complexity index is 518. The Hall–Kier alpha value is -1.62. The van der Waals surface area contributed by atoms with E-state index in [9.17, 15) is 0 Å². The van der Waals surface area contributed by atoms with Gasteiger partial charge < -0.3 is 0 Å². The lowest BCUT2D eigenvalue weighted by molar-refractivity contribution is -0.577. The van der Waals surface area contributed by atoms with Crippen molar-refractivity contribution >= 4 is 5.71 Å². The molecule has 0 aliphatic carbocycles. The zero-order valence-corrected chi connectivity index (χ0v) is 13.5. The molecular weight excluding hydrogens is 244 g/mol. The molecule has 0 saturated carbocycles. The standard InChI is InChI=1S/C16H21N2.C2H6/c1-16(2)12-13-8-4-5-9-14(13)15(18(16)3)10-6-7-11-17;1-2/h4-5,8-9H,6-7,10,12H2,1-3H3;1-2H3/q+1;. The van der Waals surface area contributed by atoms with Gasteiger partial charge in [0, 0.05) is 38.7 Å². The van der Waals surface area contributed by atoms with Gasteiger partial charge in [-0.2, -0.15) is 5.26 Å². The summed E-state index contributed by atoms with van der Waals surface area (Å²) >= 11 is 0. The molecule has 0 unspecified atom stereocenters. The van der Waals surface area contributed by atoms with Gasteiger partial charge in [-0.3, -0.25) is 0 Å². The van der Waals surface area contributed by atoms with Gasteiger partial charge in [0.1, 0.15) is 7.05 Å². The first-order chi connectivity index (χ1) is 9.56. The van der Waals surface area contributed by atoms with E-state index >= 15 is 0 Å². The molecule has 1 aliphatic rings. The number of hydrogen-bond donors (Lipinski definition) is 0. The molecule has 20 heavy (non-hydrogen) atoms. The lowest BCUT2D eigenvalue weighted by Gasteiger charge is -2.29. The number of likely N-dealkylation sites (N-methyl/N-ethyl adjacent to an activating group) is 1. The Balaban J connectivity index is 0.000000956. The minimum atomic E-state index is 0.163. The van der Waals surface area contributed by atoms with Crippen LogP contribution >= 0.6 is 0 Å². The summed E-state index contributed by atoms with van der Waals surface area (Å²) in [5.74, 6) is 0. The van der Waals surface area contributed by atoms with Crippen molar-refractivity contribution < 1.29 is 4.58 Å². The smallest absolute Gasteiger partial charge is 0.183 e. The fourth-order valence-electron chi connectivity index (χ4n) is 2.72. The number of benzene rings is 1. The number of fused-ring (bicyclic) bond motifs is 1. The van der Waals surface area contributed by atoms with Crippen molar-refractivity contribution in [1.82, 2.24) is 0 Å². The molecule has 0 atom stereocenters. The van der Waals surface area contributed by atoms with Crippen molar-refractivity contribution in [2.75, 3.05) is 7.05 Å². The maximum Gasteiger partial charge on any atom is 0.183 e. The van der Waals surface area contributed by atoms with Gasteiger partial charge in [0.25, 0.3) is 0 Å². The molecule has 1 aromatic rings. The van der Waals surface area contributed by atoms with Gasteiger partial charge in [-0.25, -0.2) is 4.58 Å². The topological polar surface area (TPSA) is 26.8 Å². The van der Waals surface area contributed by atoms with Crippen LogP contribution in [0.5, 0.6) is 0 Å². The van der Waals surface area contributed by atoms with Gasteiger partial charge in [0.2, 0.25) is 0 Å². The second-order valence-corrected chi connectivity index (χ2v) is 5.66. The van der Waals surface area contributed by atoms with Crippen molar-refractivity contribution in [1.29, 1.82) is 5.26 Å². The van der Waals surface area contributed by atoms with E-state index in [0.717, 1.165) is 19.3 Å². The average molecular weight is 271 g/mol. The maximum absolute atomic E-state index is 8.69. The van der Waals surface area contributed by atoms with Crippen molar-refractivity contribution in [3.8, 4) is 6.07 Å². The molecule has 108 valence electrons. The first-order valence-corrected chi connectivity index (χ1v) is 7.61. The summed E-state index contributed by atoms with van der Waals surface area (Å²) in [4.78, 5) is 0. The molecule has 1 heterocycles. The average Bonchev–Trinajstić information content (AvgIpc) is 2.45. The molecule has 0 N–H and O–H groups in total. The Morgan fingerprint density at radius 1 is 1.25 bits per heavy atom. The summed E-state index contributed by atoms with van der Waals surface area (Å²) in [7, 11) is 2.18. The molecule has 0 aromatic heterocycles. The molecule has 2 rings (SSSR count). The molecule has 1 aliphatic heterocycles. The predicted octanol–water partition coefficient (Wildman–Crippen LogP) is 4.17. The van der Waals surface area contributed by atoms with Crippen LogP contribution in [-0.2, 0) is 6.42 Å². The van der Waals surface area contributed by atoms with Crippen LogP contribution < -0.4 is 0 Å². The van der Waals surface area contributed by atoms with E-state index in [0.29, 0.717) is 6.42 Å². The molecule has 0 amide bonds. The monoisotopic (exact) mass is 271 g/mol. The molecule has 0 fully saturated rings. The second kappa shape index (κ2) is 7.24. The summed E-state index contributed by atoms with van der Waals surface area (Å²) in [5.41, 5.74) is 4.36. The van der Waals surface area contributed by atoms with Crippen LogP contribution in [0.25, 0.3) is 0 Å². The van der Waals surface area contributed by atoms with Gasteiger partial charge in [-0.1, -0.05) is 32.0 Å². The molecule has 2 nitrogen and oxygen atoms in total. The Morgan fingerprint density at radius 2 is 1.90 bits per heavy atom. The number of nitrogens with zero attached hydrogens (tertiary/aromatic N) is 2. The largest absolute Gasteiger partial charge is 0.231 e. The molecule has 1 aromatic carbocycles. The summed E-state index contributed by atoms with van der Waals surface area (Å²) in [6.45, 7) is 8.57. The molecule has 0 bridgehead atoms. The van der Waals surface area contributed by atoms with Gasteiger partial charge in [-0.15, -0.1) is 0 Å². The zero-order valence-electron chi connectivity index (χ0n) is 13.5. The van der Waals surface area contributed by atoms with Crippen LogP contribution in [0.4, 0.5) is 0 Å². The van der Waals surface area contributed by atoms with E-state index < -0.39 is 0 Å². The summed E-state index contributed by atoms with van der Waals surface area (Å²) in [6.07, 6.45) is 3.66. The molecule has 0 spiro atoms. The molecule has 0 saturated heterocycles. The van der Waals surface area contributed by atoms with Crippen LogP contribution in [0, 0.1) is 11.3 Å². The van der Waals surface area contributed by atoms with E-state index in [-0.39, 0.29) is 5.54 Å². The number of hydrogen-bond acceptors (Lipinski definition) is 1. The highest BCUT2D eigenvalue weighted by Crippen LogP contribution is 2.27. The van der Waals surface area contributed by atoms with Gasteiger partial charge >= 0.3 is 0 Å². The minimum absolute atomic E-state index is 0.163. The third-order valence-electron chi connectivity index (χ3n) is 3.97. The Kier molecular flexibility index (Phi) is 5.95. The van der Waals surface area contributed by atoms with Gasteiger partial charge in [-0.05, 0) is 18.1 Å². The maximum atomic E-state index is 8.69. The second-order valence-electron chi connectivity index (χ2n) is 5.66. The Morgan fingerprint density at radius 3 is 2.55 bits per heavy atom. The van der Waals surface area contributed by atoms with Crippen LogP contribution in [0.1, 0.15) is 58.1 Å². The van der Waals surface area contributed by atoms with E-state index in [1.165, 1.54) is 16.8 Å². The number of unbranched alkanes of at least 4 members (excludes halogenated alkanes) is 1. The van der Waals surface area contributed by atoms with E-state index in [1.54, 1.807) is 0 Å². The van der Waals surface area contributed by atoms with Gasteiger partial charge in [0.05, 0.1) is 6.07 Å². The minimum Gasteiger partial charge on any atom is -0.231 e. The summed E-state index contributed by atoms with van der Waals surface area (Å²) in [6, 6.07) is 10.9. The fourth-order valence-corrected chi connectivity index (χ4v) is 2.72. The molecular formula is C18H27N2+. The van der Waals surface area contributed by atoms with Crippen LogP contribution in [0.3, 0.4) is 0 Å². The quantitative estimate of drug-likeness (QED) is 0.598. The van der Waals surface area contributed by atoms with Crippen molar-refractivity contribution in [2.45, 2.75) is 58.9 Å². The van der Waals surface area contributed by atoms with Crippen LogP contribution in [0.2, 0.25) is 0 Å². The molecule has 2 heteroatoms. The van der Waals surface area contributed by atoms with Crippen molar-refractivity contribution in [3.63, 3.8) is 0 Å². The SMILES string of the molecule is CC.C[N+]1=C(CCCC#N)c2ccccc2CC1(C)C. The number of rotatable bonds is 3. The lowest BCUT2D eigenvalue weighted by Crippen LogP contribution is -2.44. The van der Waals surface area contributed by atoms with E-state index in [2.05, 4.69) is 55.8 Å². The predicted molar refractivity (Wildman–Crippen MR) is 85.3 cm³/mol. The van der Waals surface area contributed by atoms with Crippen LogP contribution in [-0.4, -0.2) is 22.9 Å². The first-order valence-electron chi connectivity index (χ1n) is 7.61. The highest BCUT2D eigenvalue weighted by molar-refractivity contribution is 5.98. The lowest BCUT2D eigenvalue weighted by atomic mass is 9.84. The first kappa shape index (κ1) is 16.4. The van der Waals surface area contributed by atoms with E-state index in [4.69, 9.17) is 5.26 Å². The molecule has 0 radical (unpaired) electrons. The third kappa shape index (κ3) is 3.48. The Labute approximate surface area is 123 Å². The van der Waals surface area contributed by atoms with Crippen molar-refractivity contribution in [2.24, 2.45) is 0 Å². The third-order valence-corrected chi connectivity index (χ3v) is 3.97. The highest BCUT2D eigenvalue weighted by Gasteiger charge is 2.36. The van der Waals surface area contributed by atoms with E-state index in [1.807, 2.05) is 13.8 Å². The fraction of sp³-hybridized carbons (Fsp3) is 0.556. The zero-order chi connectivity index (χ0) is 15.2. The normalized spacial score (nSPS) is 15.8. The summed E-state index contributed by atoms with van der Waals surface area (Å²) < 4.78 is 2.40. The van der Waals surface area contributed by atoms with Crippen molar-refractivity contribution in [3.05, 3.63) is 35.4 Å². The van der Waals surface area contributed by atoms with Crippen LogP contribution in [0.15, 0.2) is 24.3 Å². The number of nitriles is 1.